The van der Waals surface area contributed by atoms with Crippen LogP contribution >= 0.6 is 0 Å². The van der Waals surface area contributed by atoms with Gasteiger partial charge >= 0.3 is 5.97 Å². The first kappa shape index (κ1) is 19.2. The highest BCUT2D eigenvalue weighted by Gasteiger charge is 2.14. The first-order valence-electron chi connectivity index (χ1n) is 8.93. The zero-order valence-corrected chi connectivity index (χ0v) is 15.8. The molecular weight excluding hydrogens is 354 g/mol. The molecule has 0 aromatic heterocycles. The van der Waals surface area contributed by atoms with E-state index < -0.39 is 0 Å². The van der Waals surface area contributed by atoms with Gasteiger partial charge in [-0.05, 0) is 53.6 Å². The highest BCUT2D eigenvalue weighted by Crippen LogP contribution is 2.26. The molecule has 0 saturated heterocycles. The van der Waals surface area contributed by atoms with Gasteiger partial charge in [-0.25, -0.2) is 4.79 Å². The zero-order valence-electron chi connectivity index (χ0n) is 15.8. The summed E-state index contributed by atoms with van der Waals surface area (Å²) in [4.78, 5) is 24.1. The number of nitrogens with one attached hydrogen (secondary N) is 1. The zero-order chi connectivity index (χ0) is 19.9. The highest BCUT2D eigenvalue weighted by atomic mass is 16.5. The summed E-state index contributed by atoms with van der Waals surface area (Å²) in [7, 11) is 1.55. The van der Waals surface area contributed by atoms with Crippen LogP contribution in [0.25, 0.3) is 16.8 Å². The molecule has 142 valence electrons. The average molecular weight is 375 g/mol. The smallest absolute Gasteiger partial charge is 0.330 e. The van der Waals surface area contributed by atoms with Crippen LogP contribution in [0.3, 0.4) is 0 Å². The van der Waals surface area contributed by atoms with Crippen molar-refractivity contribution in [3.8, 4) is 5.75 Å². The van der Waals surface area contributed by atoms with E-state index in [1.807, 2.05) is 48.5 Å². The van der Waals surface area contributed by atoms with E-state index >= 15 is 0 Å². The molecule has 3 aromatic carbocycles. The Kier molecular flexibility index (Phi) is 6.07. The van der Waals surface area contributed by atoms with E-state index in [1.54, 1.807) is 32.2 Å². The summed E-state index contributed by atoms with van der Waals surface area (Å²) in [5.74, 6) is -0.120. The Morgan fingerprint density at radius 3 is 2.32 bits per heavy atom. The third-order valence-corrected chi connectivity index (χ3v) is 4.18. The Morgan fingerprint density at radius 1 is 1.00 bits per heavy atom. The molecule has 28 heavy (non-hydrogen) atoms. The van der Waals surface area contributed by atoms with E-state index in [0.717, 1.165) is 16.3 Å². The Labute approximate surface area is 163 Å². The molecule has 0 aliphatic heterocycles. The average Bonchev–Trinajstić information content (AvgIpc) is 2.72. The number of anilines is 1. The van der Waals surface area contributed by atoms with Crippen LogP contribution in [0.2, 0.25) is 0 Å². The van der Waals surface area contributed by atoms with Crippen LogP contribution in [0.5, 0.6) is 5.75 Å². The number of carbonyl (C=O) groups is 2. The van der Waals surface area contributed by atoms with Crippen molar-refractivity contribution in [3.05, 3.63) is 77.9 Å². The van der Waals surface area contributed by atoms with Crippen LogP contribution < -0.4 is 10.1 Å². The van der Waals surface area contributed by atoms with Gasteiger partial charge in [-0.3, -0.25) is 4.79 Å². The molecule has 0 aliphatic carbocycles. The van der Waals surface area contributed by atoms with Crippen molar-refractivity contribution in [2.75, 3.05) is 19.0 Å². The summed E-state index contributed by atoms with van der Waals surface area (Å²) < 4.78 is 10.2. The van der Waals surface area contributed by atoms with Crippen LogP contribution in [0, 0.1) is 0 Å². The van der Waals surface area contributed by atoms with E-state index in [2.05, 4.69) is 5.32 Å². The number of benzene rings is 3. The van der Waals surface area contributed by atoms with Crippen LogP contribution in [-0.4, -0.2) is 25.6 Å². The van der Waals surface area contributed by atoms with E-state index in [-0.39, 0.29) is 11.9 Å². The van der Waals surface area contributed by atoms with Crippen molar-refractivity contribution in [2.45, 2.75) is 6.92 Å². The second-order valence-electron chi connectivity index (χ2n) is 6.06. The largest absolute Gasteiger partial charge is 0.496 e. The quantitative estimate of drug-likeness (QED) is 0.502. The molecule has 5 heteroatoms. The summed E-state index contributed by atoms with van der Waals surface area (Å²) in [5, 5.41) is 4.85. The second-order valence-corrected chi connectivity index (χ2v) is 6.06. The molecule has 3 aromatic rings. The molecular formula is C23H21NO4. The van der Waals surface area contributed by atoms with Crippen molar-refractivity contribution in [2.24, 2.45) is 0 Å². The fourth-order valence-corrected chi connectivity index (χ4v) is 2.80. The summed E-state index contributed by atoms with van der Waals surface area (Å²) in [6, 6.07) is 18.6. The lowest BCUT2D eigenvalue weighted by atomic mass is 10.1. The van der Waals surface area contributed by atoms with Crippen LogP contribution in [0.4, 0.5) is 5.69 Å². The summed E-state index contributed by atoms with van der Waals surface area (Å²) >= 11 is 0. The van der Waals surface area contributed by atoms with Crippen LogP contribution in [0.15, 0.2) is 66.7 Å². The number of ether oxygens (including phenoxy) is 2. The maximum absolute atomic E-state index is 12.7. The molecule has 0 aliphatic rings. The Balaban J connectivity index is 1.76. The second kappa shape index (κ2) is 8.86. The minimum atomic E-state index is -0.386. The topological polar surface area (TPSA) is 64.6 Å². The van der Waals surface area contributed by atoms with E-state index in [1.165, 1.54) is 6.08 Å². The van der Waals surface area contributed by atoms with E-state index in [0.29, 0.717) is 23.6 Å². The van der Waals surface area contributed by atoms with Gasteiger partial charge in [0.25, 0.3) is 5.91 Å². The first-order valence-corrected chi connectivity index (χ1v) is 8.93. The van der Waals surface area contributed by atoms with Gasteiger partial charge in [-0.2, -0.15) is 0 Å². The number of hydrogen-bond donors (Lipinski definition) is 1. The molecule has 0 atom stereocenters. The summed E-state index contributed by atoms with van der Waals surface area (Å²) in [5.41, 5.74) is 1.94. The molecule has 1 N–H and O–H groups in total. The number of carbonyl (C=O) groups excluding carboxylic acids is 2. The van der Waals surface area contributed by atoms with Crippen LogP contribution in [0.1, 0.15) is 22.8 Å². The molecule has 0 spiro atoms. The molecule has 3 rings (SSSR count). The number of amides is 1. The summed E-state index contributed by atoms with van der Waals surface area (Å²) in [6.45, 7) is 2.10. The van der Waals surface area contributed by atoms with E-state index in [9.17, 15) is 9.59 Å². The molecule has 0 saturated carbocycles. The third-order valence-electron chi connectivity index (χ3n) is 4.18. The molecule has 0 unspecified atom stereocenters. The maximum Gasteiger partial charge on any atom is 0.330 e. The van der Waals surface area contributed by atoms with Gasteiger partial charge in [0, 0.05) is 11.8 Å². The minimum absolute atomic E-state index is 0.252. The third kappa shape index (κ3) is 4.57. The Hall–Kier alpha value is -3.60. The molecule has 1 amide bonds. The molecule has 0 radical (unpaired) electrons. The van der Waals surface area contributed by atoms with Gasteiger partial charge in [0.15, 0.2) is 0 Å². The molecule has 0 bridgehead atoms. The predicted molar refractivity (Wildman–Crippen MR) is 111 cm³/mol. The molecule has 0 heterocycles. The monoisotopic (exact) mass is 375 g/mol. The van der Waals surface area contributed by atoms with Gasteiger partial charge in [0.05, 0.1) is 19.3 Å². The predicted octanol–water partition coefficient (Wildman–Crippen LogP) is 4.68. The van der Waals surface area contributed by atoms with Gasteiger partial charge in [-0.1, -0.05) is 36.4 Å². The van der Waals surface area contributed by atoms with E-state index in [4.69, 9.17) is 9.47 Å². The number of esters is 1. The van der Waals surface area contributed by atoms with Crippen molar-refractivity contribution in [1.29, 1.82) is 0 Å². The lowest BCUT2D eigenvalue weighted by molar-refractivity contribution is -0.137. The SMILES string of the molecule is CCOC(=O)C=Cc1ccc(NC(=O)c2cc3ccccc3cc2OC)cc1. The molecule has 0 fully saturated rings. The van der Waals surface area contributed by atoms with Crippen molar-refractivity contribution < 1.29 is 19.1 Å². The van der Waals surface area contributed by atoms with Crippen LogP contribution in [-0.2, 0) is 9.53 Å². The summed E-state index contributed by atoms with van der Waals surface area (Å²) in [6.07, 6.45) is 3.03. The normalized spacial score (nSPS) is 10.8. The highest BCUT2D eigenvalue weighted by molar-refractivity contribution is 6.08. The lowest BCUT2D eigenvalue weighted by Crippen LogP contribution is -2.13. The number of hydrogen-bond acceptors (Lipinski definition) is 4. The Bertz CT molecular complexity index is 1020. The number of rotatable bonds is 6. The van der Waals surface area contributed by atoms with Gasteiger partial charge < -0.3 is 14.8 Å². The number of methoxy groups -OCH3 is 1. The first-order chi connectivity index (χ1) is 13.6. The lowest BCUT2D eigenvalue weighted by Gasteiger charge is -2.11. The standard InChI is InChI=1S/C23H21NO4/c1-3-28-22(25)13-10-16-8-11-19(12-9-16)24-23(26)20-14-17-6-4-5-7-18(17)15-21(20)27-2/h4-15H,3H2,1-2H3,(H,24,26). The van der Waals surface area contributed by atoms with Crippen molar-refractivity contribution >= 4 is 34.4 Å². The fourth-order valence-electron chi connectivity index (χ4n) is 2.80. The van der Waals surface area contributed by atoms with Gasteiger partial charge in [0.2, 0.25) is 0 Å². The van der Waals surface area contributed by atoms with Crippen molar-refractivity contribution in [1.82, 2.24) is 0 Å². The molecule has 5 nitrogen and oxygen atoms in total. The Morgan fingerprint density at radius 2 is 1.68 bits per heavy atom. The van der Waals surface area contributed by atoms with Gasteiger partial charge in [-0.15, -0.1) is 0 Å². The number of fused-ring (bicyclic) bond motifs is 1. The van der Waals surface area contributed by atoms with Crippen molar-refractivity contribution in [3.63, 3.8) is 0 Å². The minimum Gasteiger partial charge on any atom is -0.496 e. The fraction of sp³-hybridized carbons (Fsp3) is 0.130. The maximum atomic E-state index is 12.7. The van der Waals surface area contributed by atoms with Gasteiger partial charge in [0.1, 0.15) is 5.75 Å².